The lowest BCUT2D eigenvalue weighted by atomic mass is 9.74. The van der Waals surface area contributed by atoms with E-state index in [-0.39, 0.29) is 0 Å². The minimum atomic E-state index is 0.812. The molecule has 2 saturated carbocycles. The molecule has 2 fully saturated rings. The topological polar surface area (TPSA) is 23.8 Å². The van der Waals surface area contributed by atoms with Gasteiger partial charge in [-0.1, -0.05) is 82.2 Å². The van der Waals surface area contributed by atoms with E-state index in [1.54, 1.807) is 11.6 Å². The molecule has 3 rings (SSSR count). The first-order valence-corrected chi connectivity index (χ1v) is 12.9. The van der Waals surface area contributed by atoms with Crippen molar-refractivity contribution >= 4 is 0 Å². The third-order valence-electron chi connectivity index (χ3n) is 8.00. The Labute approximate surface area is 186 Å². The zero-order valence-electron chi connectivity index (χ0n) is 19.3. The van der Waals surface area contributed by atoms with Crippen molar-refractivity contribution in [2.45, 2.75) is 109 Å². The van der Waals surface area contributed by atoms with E-state index in [0.29, 0.717) is 0 Å². The van der Waals surface area contributed by atoms with Crippen LogP contribution >= 0.6 is 0 Å². The van der Waals surface area contributed by atoms with E-state index in [2.05, 4.69) is 37.3 Å². The lowest BCUT2D eigenvalue weighted by Gasteiger charge is -2.32. The summed E-state index contributed by atoms with van der Waals surface area (Å²) in [6.07, 6.45) is 24.3. The molecule has 0 unspecified atom stereocenters. The van der Waals surface area contributed by atoms with Crippen LogP contribution in [0.25, 0.3) is 0 Å². The Morgan fingerprint density at radius 1 is 0.833 bits per heavy atom. The SMILES string of the molecule is CCCCc1ccc([C@H]2CC[C@H](CC[C@H]3CC[C@H](CC/C=C/C#N)CC3)CC2)cc1. The molecule has 1 nitrogen and oxygen atoms in total. The molecule has 0 spiro atoms. The van der Waals surface area contributed by atoms with Crippen molar-refractivity contribution in [3.63, 3.8) is 0 Å². The molecule has 0 aliphatic heterocycles. The number of nitriles is 1. The van der Waals surface area contributed by atoms with E-state index in [1.807, 2.05) is 6.08 Å². The highest BCUT2D eigenvalue weighted by Gasteiger charge is 2.25. The van der Waals surface area contributed by atoms with Gasteiger partial charge in [-0.2, -0.15) is 5.26 Å². The number of allylic oxidation sites excluding steroid dienone is 2. The van der Waals surface area contributed by atoms with Crippen LogP contribution in [0.5, 0.6) is 0 Å². The average molecular weight is 406 g/mol. The summed E-state index contributed by atoms with van der Waals surface area (Å²) >= 11 is 0. The lowest BCUT2D eigenvalue weighted by molar-refractivity contribution is 0.225. The molecule has 0 saturated heterocycles. The van der Waals surface area contributed by atoms with E-state index < -0.39 is 0 Å². The van der Waals surface area contributed by atoms with Crippen LogP contribution in [0.1, 0.15) is 114 Å². The van der Waals surface area contributed by atoms with Crippen molar-refractivity contribution in [3.05, 3.63) is 47.5 Å². The second-order valence-corrected chi connectivity index (χ2v) is 10.1. The zero-order chi connectivity index (χ0) is 21.0. The van der Waals surface area contributed by atoms with Crippen molar-refractivity contribution < 1.29 is 0 Å². The maximum atomic E-state index is 8.58. The van der Waals surface area contributed by atoms with Crippen molar-refractivity contribution in [3.8, 4) is 6.07 Å². The fourth-order valence-electron chi connectivity index (χ4n) is 5.87. The molecule has 0 bridgehead atoms. The van der Waals surface area contributed by atoms with E-state index >= 15 is 0 Å². The van der Waals surface area contributed by atoms with Crippen LogP contribution < -0.4 is 0 Å². The molecule has 1 heteroatoms. The molecule has 2 aliphatic carbocycles. The van der Waals surface area contributed by atoms with Crippen LogP contribution in [-0.2, 0) is 6.42 Å². The minimum Gasteiger partial charge on any atom is -0.193 e. The molecule has 1 aromatic rings. The third-order valence-corrected chi connectivity index (χ3v) is 8.00. The first kappa shape index (κ1) is 23.1. The second kappa shape index (κ2) is 13.0. The predicted octanol–water partition coefficient (Wildman–Crippen LogP) is 8.75. The molecule has 2 aliphatic rings. The highest BCUT2D eigenvalue weighted by Crippen LogP contribution is 2.40. The van der Waals surface area contributed by atoms with E-state index in [1.165, 1.54) is 95.5 Å². The highest BCUT2D eigenvalue weighted by atomic mass is 14.3. The number of hydrogen-bond acceptors (Lipinski definition) is 1. The van der Waals surface area contributed by atoms with Gasteiger partial charge in [0.25, 0.3) is 0 Å². The number of benzene rings is 1. The average Bonchev–Trinajstić information content (AvgIpc) is 2.81. The summed E-state index contributed by atoms with van der Waals surface area (Å²) in [7, 11) is 0. The highest BCUT2D eigenvalue weighted by molar-refractivity contribution is 5.26. The van der Waals surface area contributed by atoms with Gasteiger partial charge in [-0.25, -0.2) is 0 Å². The summed E-state index contributed by atoms with van der Waals surface area (Å²) < 4.78 is 0. The predicted molar refractivity (Wildman–Crippen MR) is 128 cm³/mol. The van der Waals surface area contributed by atoms with Crippen LogP contribution in [-0.4, -0.2) is 0 Å². The monoisotopic (exact) mass is 405 g/mol. The quantitative estimate of drug-likeness (QED) is 0.357. The molecule has 0 heterocycles. The normalized spacial score (nSPS) is 27.2. The van der Waals surface area contributed by atoms with Crippen molar-refractivity contribution in [1.29, 1.82) is 5.26 Å². The van der Waals surface area contributed by atoms with Gasteiger partial charge in [0.15, 0.2) is 0 Å². The molecular formula is C29H43N. The van der Waals surface area contributed by atoms with Gasteiger partial charge >= 0.3 is 0 Å². The van der Waals surface area contributed by atoms with Gasteiger partial charge in [0.05, 0.1) is 6.07 Å². The first-order chi connectivity index (χ1) is 14.8. The Bertz CT molecular complexity index is 649. The van der Waals surface area contributed by atoms with Crippen molar-refractivity contribution in [1.82, 2.24) is 0 Å². The Hall–Kier alpha value is -1.55. The van der Waals surface area contributed by atoms with Gasteiger partial charge in [0.1, 0.15) is 0 Å². The maximum Gasteiger partial charge on any atom is 0.0908 e. The number of hydrogen-bond donors (Lipinski definition) is 0. The largest absolute Gasteiger partial charge is 0.193 e. The van der Waals surface area contributed by atoms with Crippen LogP contribution in [0, 0.1) is 29.1 Å². The van der Waals surface area contributed by atoms with Gasteiger partial charge in [-0.05, 0) is 86.2 Å². The molecule has 0 N–H and O–H groups in total. The van der Waals surface area contributed by atoms with E-state index in [9.17, 15) is 0 Å². The number of aryl methyl sites for hydroxylation is 1. The Balaban J connectivity index is 1.30. The molecule has 0 amide bonds. The summed E-state index contributed by atoms with van der Waals surface area (Å²) in [5.74, 6) is 3.70. The van der Waals surface area contributed by atoms with Crippen LogP contribution in [0.4, 0.5) is 0 Å². The summed E-state index contributed by atoms with van der Waals surface area (Å²) in [6.45, 7) is 2.27. The fourth-order valence-corrected chi connectivity index (χ4v) is 5.87. The fraction of sp³-hybridized carbons (Fsp3) is 0.690. The van der Waals surface area contributed by atoms with Crippen LogP contribution in [0.2, 0.25) is 0 Å². The summed E-state index contributed by atoms with van der Waals surface area (Å²) in [5, 5.41) is 8.58. The summed E-state index contributed by atoms with van der Waals surface area (Å²) in [5.41, 5.74) is 3.11. The molecule has 30 heavy (non-hydrogen) atoms. The van der Waals surface area contributed by atoms with E-state index in [0.717, 1.165) is 30.1 Å². The Kier molecular flexibility index (Phi) is 10.0. The molecule has 0 atom stereocenters. The Morgan fingerprint density at radius 2 is 1.40 bits per heavy atom. The van der Waals surface area contributed by atoms with Crippen molar-refractivity contribution in [2.24, 2.45) is 17.8 Å². The van der Waals surface area contributed by atoms with Crippen LogP contribution in [0.3, 0.4) is 0 Å². The van der Waals surface area contributed by atoms with Gasteiger partial charge in [-0.3, -0.25) is 0 Å². The summed E-state index contributed by atoms with van der Waals surface area (Å²) in [4.78, 5) is 0. The molecular weight excluding hydrogens is 362 g/mol. The van der Waals surface area contributed by atoms with Gasteiger partial charge < -0.3 is 0 Å². The van der Waals surface area contributed by atoms with E-state index in [4.69, 9.17) is 5.26 Å². The smallest absolute Gasteiger partial charge is 0.0908 e. The van der Waals surface area contributed by atoms with Crippen molar-refractivity contribution in [2.75, 3.05) is 0 Å². The second-order valence-electron chi connectivity index (χ2n) is 10.1. The number of rotatable bonds is 10. The first-order valence-electron chi connectivity index (χ1n) is 12.9. The van der Waals surface area contributed by atoms with Gasteiger partial charge in [-0.15, -0.1) is 0 Å². The van der Waals surface area contributed by atoms with Gasteiger partial charge in [0.2, 0.25) is 0 Å². The molecule has 164 valence electrons. The maximum absolute atomic E-state index is 8.58. The number of nitrogens with zero attached hydrogens (tertiary/aromatic N) is 1. The summed E-state index contributed by atoms with van der Waals surface area (Å²) in [6, 6.07) is 11.7. The molecule has 1 aromatic carbocycles. The minimum absolute atomic E-state index is 0.812. The molecule has 0 aromatic heterocycles. The standard InChI is InChI=1S/C29H43N/c1-2-3-7-24-15-19-28(20-16-24)29-21-17-27(18-22-29)14-13-26-11-9-25(10-12-26)8-5-4-6-23-30/h4,6,15-16,19-20,25-27,29H,2-3,5,7-14,17-18,21-22H2,1H3/b6-4+/t25-,26-,27-,29-. The zero-order valence-corrected chi connectivity index (χ0v) is 19.3. The number of unbranched alkanes of at least 4 members (excludes halogenated alkanes) is 1. The lowest BCUT2D eigenvalue weighted by Crippen LogP contribution is -2.17. The van der Waals surface area contributed by atoms with Crippen LogP contribution in [0.15, 0.2) is 36.4 Å². The third kappa shape index (κ3) is 7.61. The Morgan fingerprint density at radius 3 is 1.97 bits per heavy atom. The van der Waals surface area contributed by atoms with Gasteiger partial charge in [0, 0.05) is 6.08 Å². The molecule has 0 radical (unpaired) electrons.